The second-order valence-electron chi connectivity index (χ2n) is 2.31. The third-order valence-corrected chi connectivity index (χ3v) is 1.32. The third kappa shape index (κ3) is 5.80. The minimum absolute atomic E-state index is 0.192. The molecule has 2 N–H and O–H groups in total. The molecule has 0 saturated carbocycles. The van der Waals surface area contributed by atoms with Crippen molar-refractivity contribution >= 4 is 0 Å². The maximum Gasteiger partial charge on any atom is 0.0541 e. The van der Waals surface area contributed by atoms with Crippen LogP contribution in [0, 0.1) is 0 Å². The quantitative estimate of drug-likeness (QED) is 0.584. The van der Waals surface area contributed by atoms with Gasteiger partial charge < -0.3 is 10.2 Å². The molecule has 0 aliphatic carbocycles. The first-order valence-corrected chi connectivity index (χ1v) is 3.60. The van der Waals surface area contributed by atoms with E-state index < -0.39 is 0 Å². The summed E-state index contributed by atoms with van der Waals surface area (Å²) >= 11 is 0. The molecule has 56 valence electrons. The van der Waals surface area contributed by atoms with Crippen LogP contribution in [0.3, 0.4) is 0 Å². The number of hydrogen-bond donors (Lipinski definition) is 2. The molecule has 0 aromatic rings. The Morgan fingerprint density at radius 1 is 1.33 bits per heavy atom. The fourth-order valence-corrected chi connectivity index (χ4v) is 0.804. The van der Waals surface area contributed by atoms with Gasteiger partial charge in [-0.05, 0) is 19.3 Å². The van der Waals surface area contributed by atoms with Crippen LogP contribution >= 0.6 is 0 Å². The minimum atomic E-state index is -0.192. The van der Waals surface area contributed by atoms with Crippen molar-refractivity contribution < 1.29 is 10.2 Å². The number of aliphatic hydroxyl groups is 2. The van der Waals surface area contributed by atoms with Crippen LogP contribution in [0.15, 0.2) is 0 Å². The van der Waals surface area contributed by atoms with Gasteiger partial charge in [-0.15, -0.1) is 0 Å². The summed E-state index contributed by atoms with van der Waals surface area (Å²) in [5, 5.41) is 17.4. The van der Waals surface area contributed by atoms with Crippen molar-refractivity contribution in [2.24, 2.45) is 0 Å². The van der Waals surface area contributed by atoms with E-state index in [-0.39, 0.29) is 12.7 Å². The van der Waals surface area contributed by atoms with Gasteiger partial charge in [-0.2, -0.15) is 0 Å². The van der Waals surface area contributed by atoms with Gasteiger partial charge in [0.25, 0.3) is 0 Å². The van der Waals surface area contributed by atoms with Crippen molar-refractivity contribution in [2.75, 3.05) is 6.61 Å². The van der Waals surface area contributed by atoms with E-state index in [1.807, 2.05) is 6.92 Å². The zero-order valence-electron chi connectivity index (χ0n) is 6.01. The van der Waals surface area contributed by atoms with Gasteiger partial charge in [-0.25, -0.2) is 0 Å². The molecule has 1 unspecified atom stereocenters. The predicted octanol–water partition coefficient (Wildman–Crippen LogP) is 0.920. The Balaban J connectivity index is 2.95. The zero-order chi connectivity index (χ0) is 7.11. The molecule has 0 rings (SSSR count). The van der Waals surface area contributed by atoms with Gasteiger partial charge in [0, 0.05) is 6.61 Å². The average molecular weight is 132 g/mol. The van der Waals surface area contributed by atoms with Crippen molar-refractivity contribution in [3.8, 4) is 0 Å². The second kappa shape index (κ2) is 6.05. The molecule has 0 radical (unpaired) electrons. The summed E-state index contributed by atoms with van der Waals surface area (Å²) in [5.41, 5.74) is 0. The number of aliphatic hydroxyl groups excluding tert-OH is 2. The first kappa shape index (κ1) is 8.92. The predicted molar refractivity (Wildman–Crippen MR) is 37.2 cm³/mol. The van der Waals surface area contributed by atoms with E-state index in [0.717, 1.165) is 25.7 Å². The van der Waals surface area contributed by atoms with Crippen molar-refractivity contribution in [2.45, 2.75) is 38.7 Å². The van der Waals surface area contributed by atoms with Crippen LogP contribution in [-0.2, 0) is 0 Å². The van der Waals surface area contributed by atoms with Gasteiger partial charge in [0.1, 0.15) is 0 Å². The van der Waals surface area contributed by atoms with E-state index in [9.17, 15) is 0 Å². The second-order valence-corrected chi connectivity index (χ2v) is 2.31. The molecular weight excluding hydrogens is 116 g/mol. The van der Waals surface area contributed by atoms with Gasteiger partial charge in [-0.3, -0.25) is 0 Å². The summed E-state index contributed by atoms with van der Waals surface area (Å²) in [6.45, 7) is 2.24. The topological polar surface area (TPSA) is 40.5 Å². The van der Waals surface area contributed by atoms with Crippen LogP contribution in [0.1, 0.15) is 32.6 Å². The van der Waals surface area contributed by atoms with Crippen LogP contribution in [0.25, 0.3) is 0 Å². The molecule has 2 heteroatoms. The Morgan fingerprint density at radius 3 is 2.44 bits per heavy atom. The molecule has 0 aliphatic heterocycles. The molecule has 0 amide bonds. The first-order valence-electron chi connectivity index (χ1n) is 3.60. The SMILES string of the molecule is CCCC(O)CCCO. The summed E-state index contributed by atoms with van der Waals surface area (Å²) in [6, 6.07) is 0. The number of hydrogen-bond acceptors (Lipinski definition) is 2. The van der Waals surface area contributed by atoms with Crippen LogP contribution in [0.4, 0.5) is 0 Å². The third-order valence-electron chi connectivity index (χ3n) is 1.32. The van der Waals surface area contributed by atoms with Crippen molar-refractivity contribution in [3.05, 3.63) is 0 Å². The fraction of sp³-hybridized carbons (Fsp3) is 1.00. The lowest BCUT2D eigenvalue weighted by molar-refractivity contribution is 0.140. The van der Waals surface area contributed by atoms with E-state index >= 15 is 0 Å². The molecule has 0 saturated heterocycles. The summed E-state index contributed by atoms with van der Waals surface area (Å²) < 4.78 is 0. The Bertz CT molecular complexity index is 54.9. The van der Waals surface area contributed by atoms with Gasteiger partial charge in [0.2, 0.25) is 0 Å². The molecule has 1 atom stereocenters. The lowest BCUT2D eigenvalue weighted by Crippen LogP contribution is -2.05. The maximum absolute atomic E-state index is 9.07. The van der Waals surface area contributed by atoms with Crippen molar-refractivity contribution in [3.63, 3.8) is 0 Å². The smallest absolute Gasteiger partial charge is 0.0541 e. The molecular formula is C7H16O2. The highest BCUT2D eigenvalue weighted by molar-refractivity contribution is 4.52. The first-order chi connectivity index (χ1) is 4.31. The molecule has 0 fully saturated rings. The van der Waals surface area contributed by atoms with E-state index in [0.29, 0.717) is 0 Å². The summed E-state index contributed by atoms with van der Waals surface area (Å²) in [6.07, 6.45) is 3.15. The van der Waals surface area contributed by atoms with E-state index in [1.165, 1.54) is 0 Å². The van der Waals surface area contributed by atoms with E-state index in [2.05, 4.69) is 0 Å². The highest BCUT2D eigenvalue weighted by atomic mass is 16.3. The minimum Gasteiger partial charge on any atom is -0.396 e. The van der Waals surface area contributed by atoms with Crippen LogP contribution in [0.5, 0.6) is 0 Å². The molecule has 0 aromatic carbocycles. The van der Waals surface area contributed by atoms with Crippen LogP contribution in [-0.4, -0.2) is 22.9 Å². The molecule has 0 bridgehead atoms. The van der Waals surface area contributed by atoms with Crippen LogP contribution in [0.2, 0.25) is 0 Å². The van der Waals surface area contributed by atoms with Crippen molar-refractivity contribution in [1.29, 1.82) is 0 Å². The lowest BCUT2D eigenvalue weighted by atomic mass is 10.1. The van der Waals surface area contributed by atoms with Crippen molar-refractivity contribution in [1.82, 2.24) is 0 Å². The largest absolute Gasteiger partial charge is 0.396 e. The number of rotatable bonds is 5. The molecule has 0 aliphatic rings. The molecule has 0 heterocycles. The maximum atomic E-state index is 9.07. The Morgan fingerprint density at radius 2 is 2.00 bits per heavy atom. The summed E-state index contributed by atoms with van der Waals surface area (Å²) in [7, 11) is 0. The Labute approximate surface area is 56.5 Å². The average Bonchev–Trinajstić information content (AvgIpc) is 1.85. The van der Waals surface area contributed by atoms with Gasteiger partial charge in [-0.1, -0.05) is 13.3 Å². The normalized spacial score (nSPS) is 13.7. The van der Waals surface area contributed by atoms with Gasteiger partial charge in [0.15, 0.2) is 0 Å². The van der Waals surface area contributed by atoms with Crippen LogP contribution < -0.4 is 0 Å². The standard InChI is InChI=1S/C7H16O2/c1-2-4-7(9)5-3-6-8/h7-9H,2-6H2,1H3. The lowest BCUT2D eigenvalue weighted by Gasteiger charge is -2.05. The zero-order valence-corrected chi connectivity index (χ0v) is 6.01. The summed E-state index contributed by atoms with van der Waals surface area (Å²) in [4.78, 5) is 0. The monoisotopic (exact) mass is 132 g/mol. The molecule has 9 heavy (non-hydrogen) atoms. The molecule has 2 nitrogen and oxygen atoms in total. The summed E-state index contributed by atoms with van der Waals surface area (Å²) in [5.74, 6) is 0. The molecule has 0 spiro atoms. The fourth-order valence-electron chi connectivity index (χ4n) is 0.804. The van der Waals surface area contributed by atoms with Gasteiger partial charge >= 0.3 is 0 Å². The highest BCUT2D eigenvalue weighted by Crippen LogP contribution is 2.02. The van der Waals surface area contributed by atoms with E-state index in [4.69, 9.17) is 10.2 Å². The highest BCUT2D eigenvalue weighted by Gasteiger charge is 1.99. The van der Waals surface area contributed by atoms with Gasteiger partial charge in [0.05, 0.1) is 6.10 Å². The molecule has 0 aromatic heterocycles. The van der Waals surface area contributed by atoms with E-state index in [1.54, 1.807) is 0 Å². The Kier molecular flexibility index (Phi) is 5.99. The Hall–Kier alpha value is -0.0800.